The van der Waals surface area contributed by atoms with Gasteiger partial charge in [-0.1, -0.05) is 114 Å². The molecule has 9 rings (SSSR count). The molecule has 0 aliphatic carbocycles. The molecule has 0 amide bonds. The van der Waals surface area contributed by atoms with Crippen molar-refractivity contribution < 1.29 is 60.4 Å². The van der Waals surface area contributed by atoms with Crippen molar-refractivity contribution in [2.45, 2.75) is 311 Å². The molecule has 0 spiro atoms. The van der Waals surface area contributed by atoms with Gasteiger partial charge in [-0.2, -0.15) is 0 Å². The van der Waals surface area contributed by atoms with Gasteiger partial charge in [0.25, 0.3) is 0 Å². The third-order valence-electron chi connectivity index (χ3n) is 20.3. The predicted molar refractivity (Wildman–Crippen MR) is 322 cm³/mol. The van der Waals surface area contributed by atoms with Crippen LogP contribution in [-0.2, 0) is 60.4 Å². The predicted octanol–water partition coefficient (Wildman–Crippen LogP) is 14.8. The summed E-state index contributed by atoms with van der Waals surface area (Å²) in [6, 6.07) is 0. The minimum Gasteiger partial charge on any atom is -0.459 e. The fourth-order valence-electron chi connectivity index (χ4n) is 12.1. The van der Waals surface area contributed by atoms with Crippen LogP contribution in [0.15, 0.2) is 48.6 Å². The summed E-state index contributed by atoms with van der Waals surface area (Å²) in [4.78, 5) is 14.9. The summed E-state index contributed by atoms with van der Waals surface area (Å²) in [6.07, 6.45) is 5.76. The highest BCUT2D eigenvalue weighted by atomic mass is 31.1. The van der Waals surface area contributed by atoms with Crippen LogP contribution in [0.4, 0.5) is 0 Å². The first kappa shape index (κ1) is 65.5. The smallest absolute Gasteiger partial charge is 0.308 e. The van der Waals surface area contributed by atoms with Gasteiger partial charge in [-0.05, 0) is 136 Å². The van der Waals surface area contributed by atoms with E-state index < -0.39 is 79.9 Å². The molecule has 18 heteroatoms. The van der Waals surface area contributed by atoms with Gasteiger partial charge in [0.2, 0.25) is 0 Å². The van der Waals surface area contributed by atoms with E-state index in [0.29, 0.717) is 38.3 Å². The molecule has 9 heterocycles. The van der Waals surface area contributed by atoms with Crippen LogP contribution in [0, 0.1) is 11.8 Å². The van der Waals surface area contributed by atoms with Crippen LogP contribution in [0.5, 0.6) is 0 Å². The van der Waals surface area contributed by atoms with Gasteiger partial charge in [-0.3, -0.25) is 13.9 Å². The molecule has 13 nitrogen and oxygen atoms in total. The maximum absolute atomic E-state index is 14.9. The zero-order chi connectivity index (χ0) is 58.4. The molecule has 79 heavy (non-hydrogen) atoms. The molecule has 19 atom stereocenters. The average Bonchev–Trinajstić information content (AvgIpc) is 3.93. The largest absolute Gasteiger partial charge is 0.459 e. The Kier molecular flexibility index (Phi) is 21.4. The van der Waals surface area contributed by atoms with E-state index in [-0.39, 0.29) is 105 Å². The molecule has 0 aromatic carbocycles. The molecule has 8 bridgehead atoms. The number of allylic oxidation sites excluding steroid dienone is 2. The van der Waals surface area contributed by atoms with Gasteiger partial charge in [-0.25, -0.2) is 0 Å². The molecule has 0 radical (unpaired) electrons. The van der Waals surface area contributed by atoms with Crippen molar-refractivity contribution in [3.8, 4) is 0 Å². The van der Waals surface area contributed by atoms with Crippen LogP contribution in [0.25, 0.3) is 0 Å². The summed E-state index contributed by atoms with van der Waals surface area (Å²) in [5.41, 5.74) is 2.80. The molecule has 6 fully saturated rings. The summed E-state index contributed by atoms with van der Waals surface area (Å²) in [7, 11) is -7.60. The Morgan fingerprint density at radius 2 is 1.19 bits per heavy atom. The van der Waals surface area contributed by atoms with E-state index in [4.69, 9.17) is 46.4 Å². The lowest BCUT2D eigenvalue weighted by Crippen LogP contribution is -2.69. The Bertz CT molecular complexity index is 2200. The molecule has 6 saturated heterocycles. The summed E-state index contributed by atoms with van der Waals surface area (Å²) < 4.78 is 96.4. The van der Waals surface area contributed by atoms with E-state index in [1.807, 2.05) is 0 Å². The van der Waals surface area contributed by atoms with Crippen LogP contribution < -0.4 is 0 Å². The van der Waals surface area contributed by atoms with E-state index in [1.165, 1.54) is 0 Å². The molecule has 9 aliphatic heterocycles. The molecule has 19 unspecified atom stereocenters. The van der Waals surface area contributed by atoms with Gasteiger partial charge in [0.05, 0.1) is 79.2 Å². The number of carbonyl (C=O) groups excluding carboxylic acids is 1. The van der Waals surface area contributed by atoms with E-state index in [0.717, 1.165) is 55.2 Å². The number of hydrogen-bond donors (Lipinski definition) is 0. The van der Waals surface area contributed by atoms with Gasteiger partial charge >= 0.3 is 5.97 Å². The summed E-state index contributed by atoms with van der Waals surface area (Å²) in [5.74, 6) is -0.476. The van der Waals surface area contributed by atoms with Crippen LogP contribution in [0.1, 0.15) is 153 Å². The van der Waals surface area contributed by atoms with Crippen LogP contribution in [0.2, 0.25) is 54.4 Å². The van der Waals surface area contributed by atoms with Gasteiger partial charge in [0.15, 0.2) is 41.9 Å². The highest BCUT2D eigenvalue weighted by molar-refractivity contribution is 7.25. The van der Waals surface area contributed by atoms with Crippen molar-refractivity contribution in [3.05, 3.63) is 48.6 Å². The molecule has 448 valence electrons. The number of rotatable bonds is 10. The Balaban J connectivity index is 1.29. The number of esters is 1. The van der Waals surface area contributed by atoms with Crippen molar-refractivity contribution >= 4 is 47.8 Å². The lowest BCUT2D eigenvalue weighted by Gasteiger charge is -2.56. The first-order valence-corrected chi connectivity index (χ1v) is 40.7. The molecule has 0 aromatic rings. The third-order valence-corrected chi connectivity index (χ3v) is 35.0. The van der Waals surface area contributed by atoms with Gasteiger partial charge in [0, 0.05) is 18.5 Å². The zero-order valence-corrected chi connectivity index (χ0v) is 56.4. The second-order valence-electron chi connectivity index (χ2n) is 29.3. The molecule has 0 aromatic heterocycles. The van der Waals surface area contributed by atoms with Crippen LogP contribution in [0.3, 0.4) is 0 Å². The summed E-state index contributed by atoms with van der Waals surface area (Å²) in [6.45, 7) is 52.2. The average molecular weight is 1190 g/mol. The first-order chi connectivity index (χ1) is 36.6. The Labute approximate surface area is 483 Å². The SMILES string of the molecule is C=C1/C=C/C(O[Si](C)(C)C(C)(C)C)C2OC3CCC(CC(=O)OC4C(CC5OC(CCC6OC(CC1)CC6=C)CC(C)C5=C)OC1CC(P=O)C(CCP=O)OC1C4C)OC3C(O[Si](C)(C)C(C)(C)C)C2O[Si](C)(C)C(C)(C)C. The fraction of sp³-hybridized carbons (Fsp3) is 0.852. The number of fused-ring (bicyclic) bond motifs is 3. The number of ether oxygens (including phenoxy) is 7. The number of carbonyl (C=O) groups is 1. The lowest BCUT2D eigenvalue weighted by molar-refractivity contribution is -0.269. The summed E-state index contributed by atoms with van der Waals surface area (Å²) in [5, 5.41) is -0.390. The maximum atomic E-state index is 14.9. The highest BCUT2D eigenvalue weighted by Crippen LogP contribution is 2.49. The van der Waals surface area contributed by atoms with E-state index >= 15 is 0 Å². The Hall–Kier alpha value is -1.08. The van der Waals surface area contributed by atoms with E-state index in [9.17, 15) is 13.9 Å². The summed E-state index contributed by atoms with van der Waals surface area (Å²) >= 11 is 0. The molecule has 0 saturated carbocycles. The monoisotopic (exact) mass is 1190 g/mol. The maximum Gasteiger partial charge on any atom is 0.308 e. The zero-order valence-electron chi connectivity index (χ0n) is 51.6. The number of hydrogen-bond acceptors (Lipinski definition) is 13. The normalized spacial score (nSPS) is 39.6. The third kappa shape index (κ3) is 15.5. The fourth-order valence-corrected chi connectivity index (χ4v) is 17.0. The van der Waals surface area contributed by atoms with Crippen LogP contribution >= 0.6 is 16.9 Å². The van der Waals surface area contributed by atoms with Crippen molar-refractivity contribution in [2.75, 3.05) is 6.16 Å². The van der Waals surface area contributed by atoms with Crippen molar-refractivity contribution in [1.82, 2.24) is 0 Å². The highest BCUT2D eigenvalue weighted by Gasteiger charge is 2.59. The Morgan fingerprint density at radius 3 is 1.81 bits per heavy atom. The van der Waals surface area contributed by atoms with Gasteiger partial charge in [0.1, 0.15) is 30.5 Å². The van der Waals surface area contributed by atoms with Gasteiger partial charge in [-0.15, -0.1) is 0 Å². The minimum atomic E-state index is -2.56. The molecule has 9 aliphatic rings. The van der Waals surface area contributed by atoms with E-state index in [2.05, 4.69) is 147 Å². The molecular weight excluding hydrogens is 1090 g/mol. The Morgan fingerprint density at radius 1 is 0.608 bits per heavy atom. The van der Waals surface area contributed by atoms with Crippen molar-refractivity contribution in [1.29, 1.82) is 0 Å². The molecule has 0 N–H and O–H groups in total. The van der Waals surface area contributed by atoms with E-state index in [1.54, 1.807) is 0 Å². The quantitative estimate of drug-likeness (QED) is 0.0887. The standard InChI is InChI=1S/C61H104O13P2Si3/c1-36-21-23-41-32-38(3)44(65-41)27-24-42-31-37(2)39(4)48(66-42)34-49-54(40(5)53-50(68-49)35-51(76-64)45(69-53)29-30-75-63)71-52(62)33-43-25-28-46-55(67-43)57(73-78(17,18)60(9,10)11)58(74-79(19,20)61(12,13)14)56(70-46)47(26-22-36)72-77(15,16)59(6,7)8/h22,26,37,40-51,53-58H,1,3-4,21,23-25,27-35H2,2,5-20H3/b26-22+. The molecular formula is C61H104O13P2Si3. The van der Waals surface area contributed by atoms with Crippen molar-refractivity contribution in [2.24, 2.45) is 11.8 Å². The minimum absolute atomic E-state index is 0.0138. The van der Waals surface area contributed by atoms with Gasteiger partial charge < -0.3 is 46.4 Å². The van der Waals surface area contributed by atoms with Crippen molar-refractivity contribution in [3.63, 3.8) is 0 Å². The second kappa shape index (κ2) is 25.9. The second-order valence-corrected chi connectivity index (χ2v) is 45.2. The first-order valence-electron chi connectivity index (χ1n) is 30.1. The topological polar surface area (TPSA) is 144 Å². The van der Waals surface area contributed by atoms with Crippen LogP contribution in [-0.4, -0.2) is 140 Å². The lowest BCUT2D eigenvalue weighted by atomic mass is 9.79.